The molecule has 6 heteroatoms. The molecule has 0 bridgehead atoms. The summed E-state index contributed by atoms with van der Waals surface area (Å²) in [6.07, 6.45) is 3.91. The van der Waals surface area contributed by atoms with Gasteiger partial charge in [-0.1, -0.05) is 0 Å². The number of carbonyl (C=O) groups is 1. The van der Waals surface area contributed by atoms with Crippen LogP contribution in [-0.2, 0) is 0 Å². The van der Waals surface area contributed by atoms with E-state index in [0.717, 1.165) is 6.20 Å². The van der Waals surface area contributed by atoms with Gasteiger partial charge in [-0.15, -0.1) is 0 Å². The number of amides is 1. The fourth-order valence-electron chi connectivity index (χ4n) is 1.47. The van der Waals surface area contributed by atoms with E-state index < -0.39 is 17.8 Å². The second kappa shape index (κ2) is 4.95. The van der Waals surface area contributed by atoms with E-state index in [1.54, 1.807) is 20.0 Å². The normalized spacial score (nSPS) is 12.2. The van der Waals surface area contributed by atoms with E-state index in [0.29, 0.717) is 11.7 Å². The lowest BCUT2D eigenvalue weighted by Gasteiger charge is -2.10. The summed E-state index contributed by atoms with van der Waals surface area (Å²) in [5.74, 6) is -0.152. The SMILES string of the molecule is Cc1cnc(C(C)NC(=O)c2ccncc2F)o1. The lowest BCUT2D eigenvalue weighted by Crippen LogP contribution is -2.27. The Hall–Kier alpha value is -2.24. The minimum Gasteiger partial charge on any atom is -0.444 e. The Labute approximate surface area is 103 Å². The van der Waals surface area contributed by atoms with Crippen molar-refractivity contribution in [2.45, 2.75) is 19.9 Å². The maximum Gasteiger partial charge on any atom is 0.255 e. The van der Waals surface area contributed by atoms with E-state index in [1.165, 1.54) is 12.3 Å². The first-order valence-electron chi connectivity index (χ1n) is 5.40. The van der Waals surface area contributed by atoms with Crippen LogP contribution in [0.25, 0.3) is 0 Å². The van der Waals surface area contributed by atoms with Crippen molar-refractivity contribution in [2.24, 2.45) is 0 Å². The molecule has 0 aromatic carbocycles. The summed E-state index contributed by atoms with van der Waals surface area (Å²) in [5.41, 5.74) is -0.0554. The maximum absolute atomic E-state index is 13.3. The number of nitrogens with one attached hydrogen (secondary N) is 1. The predicted molar refractivity (Wildman–Crippen MR) is 61.3 cm³/mol. The van der Waals surface area contributed by atoms with E-state index in [4.69, 9.17) is 4.42 Å². The number of aromatic nitrogens is 2. The largest absolute Gasteiger partial charge is 0.444 e. The first-order valence-corrected chi connectivity index (χ1v) is 5.40. The minimum atomic E-state index is -0.661. The number of oxazole rings is 1. The number of rotatable bonds is 3. The molecule has 2 rings (SSSR count). The van der Waals surface area contributed by atoms with Gasteiger partial charge in [-0.05, 0) is 19.9 Å². The molecular formula is C12H12FN3O2. The Balaban J connectivity index is 2.10. The van der Waals surface area contributed by atoms with Crippen LogP contribution in [0.15, 0.2) is 29.1 Å². The van der Waals surface area contributed by atoms with Crippen molar-refractivity contribution in [3.05, 3.63) is 47.7 Å². The van der Waals surface area contributed by atoms with E-state index in [1.807, 2.05) is 0 Å². The van der Waals surface area contributed by atoms with E-state index >= 15 is 0 Å². The monoisotopic (exact) mass is 249 g/mol. The van der Waals surface area contributed by atoms with Crippen LogP contribution < -0.4 is 5.32 Å². The first-order chi connectivity index (χ1) is 8.58. The number of carbonyl (C=O) groups excluding carboxylic acids is 1. The first kappa shape index (κ1) is 12.2. The van der Waals surface area contributed by atoms with Gasteiger partial charge in [0.1, 0.15) is 11.8 Å². The molecule has 2 aromatic rings. The third-order valence-corrected chi connectivity index (χ3v) is 2.37. The van der Waals surface area contributed by atoms with Gasteiger partial charge in [0.05, 0.1) is 18.0 Å². The van der Waals surface area contributed by atoms with Crippen LogP contribution in [-0.4, -0.2) is 15.9 Å². The van der Waals surface area contributed by atoms with Crippen LogP contribution in [0.2, 0.25) is 0 Å². The van der Waals surface area contributed by atoms with Crippen LogP contribution in [0.5, 0.6) is 0 Å². The molecule has 1 unspecified atom stereocenters. The van der Waals surface area contributed by atoms with Gasteiger partial charge in [0.15, 0.2) is 5.82 Å². The Morgan fingerprint density at radius 3 is 2.89 bits per heavy atom. The lowest BCUT2D eigenvalue weighted by atomic mass is 10.2. The zero-order valence-electron chi connectivity index (χ0n) is 9.98. The smallest absolute Gasteiger partial charge is 0.255 e. The van der Waals surface area contributed by atoms with Crippen molar-refractivity contribution in [3.63, 3.8) is 0 Å². The van der Waals surface area contributed by atoms with Crippen molar-refractivity contribution < 1.29 is 13.6 Å². The summed E-state index contributed by atoms with van der Waals surface area (Å²) in [6, 6.07) is 0.886. The van der Waals surface area contributed by atoms with Crippen LogP contribution in [0.1, 0.15) is 35.0 Å². The number of nitrogens with zero attached hydrogens (tertiary/aromatic N) is 2. The van der Waals surface area contributed by atoms with Gasteiger partial charge in [-0.3, -0.25) is 9.78 Å². The van der Waals surface area contributed by atoms with Gasteiger partial charge in [0.2, 0.25) is 5.89 Å². The van der Waals surface area contributed by atoms with Gasteiger partial charge < -0.3 is 9.73 Å². The summed E-state index contributed by atoms with van der Waals surface area (Å²) in [4.78, 5) is 19.4. The fraction of sp³-hybridized carbons (Fsp3) is 0.250. The summed E-state index contributed by atoms with van der Waals surface area (Å²) >= 11 is 0. The topological polar surface area (TPSA) is 68.0 Å². The summed E-state index contributed by atoms with van der Waals surface area (Å²) in [5, 5.41) is 2.60. The van der Waals surface area contributed by atoms with Crippen molar-refractivity contribution in [3.8, 4) is 0 Å². The molecule has 0 saturated heterocycles. The van der Waals surface area contributed by atoms with Crippen molar-refractivity contribution >= 4 is 5.91 Å². The zero-order chi connectivity index (χ0) is 13.1. The average molecular weight is 249 g/mol. The van der Waals surface area contributed by atoms with E-state index in [9.17, 15) is 9.18 Å². The van der Waals surface area contributed by atoms with Crippen LogP contribution >= 0.6 is 0 Å². The molecular weight excluding hydrogens is 237 g/mol. The number of pyridine rings is 1. The molecule has 2 heterocycles. The summed E-state index contributed by atoms with van der Waals surface area (Å²) < 4.78 is 18.6. The second-order valence-electron chi connectivity index (χ2n) is 3.86. The molecule has 1 amide bonds. The van der Waals surface area contributed by atoms with Crippen molar-refractivity contribution in [1.29, 1.82) is 0 Å². The molecule has 0 aliphatic rings. The predicted octanol–water partition coefficient (Wildman–Crippen LogP) is 2.01. The Bertz CT molecular complexity index is 568. The van der Waals surface area contributed by atoms with Crippen LogP contribution in [0.4, 0.5) is 4.39 Å². The molecule has 0 radical (unpaired) electrons. The van der Waals surface area contributed by atoms with Gasteiger partial charge in [0, 0.05) is 6.20 Å². The summed E-state index contributed by atoms with van der Waals surface area (Å²) in [6.45, 7) is 3.47. The fourth-order valence-corrected chi connectivity index (χ4v) is 1.47. The summed E-state index contributed by atoms with van der Waals surface area (Å²) in [7, 11) is 0. The molecule has 0 spiro atoms. The van der Waals surface area contributed by atoms with Gasteiger partial charge in [-0.25, -0.2) is 9.37 Å². The molecule has 0 saturated carbocycles. The molecule has 18 heavy (non-hydrogen) atoms. The maximum atomic E-state index is 13.3. The van der Waals surface area contributed by atoms with Crippen LogP contribution in [0, 0.1) is 12.7 Å². The molecule has 1 N–H and O–H groups in total. The number of aryl methyl sites for hydroxylation is 1. The zero-order valence-corrected chi connectivity index (χ0v) is 9.98. The Morgan fingerprint density at radius 2 is 2.28 bits per heavy atom. The van der Waals surface area contributed by atoms with Gasteiger partial charge >= 0.3 is 0 Å². The third kappa shape index (κ3) is 2.53. The van der Waals surface area contributed by atoms with Crippen LogP contribution in [0.3, 0.4) is 0 Å². The Morgan fingerprint density at radius 1 is 1.50 bits per heavy atom. The molecule has 0 fully saturated rings. The van der Waals surface area contributed by atoms with E-state index in [-0.39, 0.29) is 5.56 Å². The Kier molecular flexibility index (Phi) is 3.36. The molecule has 2 aromatic heterocycles. The third-order valence-electron chi connectivity index (χ3n) is 2.37. The molecule has 0 aliphatic carbocycles. The highest BCUT2D eigenvalue weighted by Gasteiger charge is 2.17. The van der Waals surface area contributed by atoms with Gasteiger partial charge in [-0.2, -0.15) is 0 Å². The second-order valence-corrected chi connectivity index (χ2v) is 3.86. The minimum absolute atomic E-state index is 0.0554. The average Bonchev–Trinajstić information content (AvgIpc) is 2.76. The quantitative estimate of drug-likeness (QED) is 0.903. The molecule has 1 atom stereocenters. The highest BCUT2D eigenvalue weighted by molar-refractivity contribution is 5.94. The highest BCUT2D eigenvalue weighted by atomic mass is 19.1. The molecule has 5 nitrogen and oxygen atoms in total. The van der Waals surface area contributed by atoms with E-state index in [2.05, 4.69) is 15.3 Å². The highest BCUT2D eigenvalue weighted by Crippen LogP contribution is 2.13. The lowest BCUT2D eigenvalue weighted by molar-refractivity contribution is 0.0929. The molecule has 0 aliphatic heterocycles. The molecule has 94 valence electrons. The number of hydrogen-bond donors (Lipinski definition) is 1. The van der Waals surface area contributed by atoms with Crippen molar-refractivity contribution in [1.82, 2.24) is 15.3 Å². The number of hydrogen-bond acceptors (Lipinski definition) is 4. The number of halogens is 1. The van der Waals surface area contributed by atoms with Crippen molar-refractivity contribution in [2.75, 3.05) is 0 Å². The standard InChI is InChI=1S/C12H12FN3O2/c1-7-5-15-12(18-7)8(2)16-11(17)9-3-4-14-6-10(9)13/h3-6,8H,1-2H3,(H,16,17). The van der Waals surface area contributed by atoms with Gasteiger partial charge in [0.25, 0.3) is 5.91 Å².